The van der Waals surface area contributed by atoms with Gasteiger partial charge in [0.2, 0.25) is 0 Å². The molecule has 0 bridgehead atoms. The summed E-state index contributed by atoms with van der Waals surface area (Å²) >= 11 is 0. The van der Waals surface area contributed by atoms with Crippen molar-refractivity contribution in [1.82, 2.24) is 9.55 Å². The maximum Gasteiger partial charge on any atom is 0.105 e. The zero-order valence-electron chi connectivity index (χ0n) is 10.5. The molecule has 0 saturated carbocycles. The molecule has 17 heavy (non-hydrogen) atoms. The summed E-state index contributed by atoms with van der Waals surface area (Å²) in [7, 11) is 0. The fourth-order valence-corrected chi connectivity index (χ4v) is 2.38. The zero-order valence-corrected chi connectivity index (χ0v) is 10.5. The van der Waals surface area contributed by atoms with E-state index in [-0.39, 0.29) is 11.5 Å². The van der Waals surface area contributed by atoms with Gasteiger partial charge in [0, 0.05) is 24.6 Å². The predicted octanol–water partition coefficient (Wildman–Crippen LogP) is 0.863. The van der Waals surface area contributed by atoms with Gasteiger partial charge in [-0.05, 0) is 20.3 Å². The SMILES string of the molecule is CC(C)n1cncc1C(O)C1(CN)CCOC1. The Kier molecular flexibility index (Phi) is 3.51. The second kappa shape index (κ2) is 4.76. The Morgan fingerprint density at radius 3 is 2.94 bits per heavy atom. The summed E-state index contributed by atoms with van der Waals surface area (Å²) in [5, 5.41) is 10.6. The summed E-state index contributed by atoms with van der Waals surface area (Å²) in [6.45, 7) is 5.76. The average molecular weight is 239 g/mol. The highest BCUT2D eigenvalue weighted by Crippen LogP contribution is 2.40. The number of ether oxygens (including phenoxy) is 1. The van der Waals surface area contributed by atoms with Crippen molar-refractivity contribution in [2.24, 2.45) is 11.1 Å². The third kappa shape index (κ3) is 2.10. The molecular weight excluding hydrogens is 218 g/mol. The summed E-state index contributed by atoms with van der Waals surface area (Å²) in [4.78, 5) is 4.12. The van der Waals surface area contributed by atoms with E-state index in [9.17, 15) is 5.11 Å². The smallest absolute Gasteiger partial charge is 0.105 e. The highest BCUT2D eigenvalue weighted by atomic mass is 16.5. The van der Waals surface area contributed by atoms with E-state index in [0.29, 0.717) is 19.8 Å². The molecule has 2 unspecified atom stereocenters. The second-order valence-electron chi connectivity index (χ2n) is 5.09. The lowest BCUT2D eigenvalue weighted by atomic mass is 9.80. The van der Waals surface area contributed by atoms with Gasteiger partial charge in [0.25, 0.3) is 0 Å². The molecule has 5 nitrogen and oxygen atoms in total. The molecule has 2 heterocycles. The first kappa shape index (κ1) is 12.5. The van der Waals surface area contributed by atoms with E-state index < -0.39 is 6.10 Å². The van der Waals surface area contributed by atoms with Gasteiger partial charge < -0.3 is 20.1 Å². The number of nitrogens with zero attached hydrogens (tertiary/aromatic N) is 2. The monoisotopic (exact) mass is 239 g/mol. The molecular formula is C12H21N3O2. The third-order valence-electron chi connectivity index (χ3n) is 3.65. The number of aliphatic hydroxyl groups is 1. The molecule has 3 N–H and O–H groups in total. The summed E-state index contributed by atoms with van der Waals surface area (Å²) < 4.78 is 7.39. The number of nitrogens with two attached hydrogens (primary N) is 1. The molecule has 0 aliphatic carbocycles. The van der Waals surface area contributed by atoms with Crippen molar-refractivity contribution in [2.45, 2.75) is 32.4 Å². The highest BCUT2D eigenvalue weighted by Gasteiger charge is 2.42. The fourth-order valence-electron chi connectivity index (χ4n) is 2.38. The van der Waals surface area contributed by atoms with Gasteiger partial charge in [-0.2, -0.15) is 0 Å². The molecule has 0 aromatic carbocycles. The molecule has 1 fully saturated rings. The summed E-state index contributed by atoms with van der Waals surface area (Å²) in [5.41, 5.74) is 6.31. The van der Waals surface area contributed by atoms with Crippen LogP contribution in [0.5, 0.6) is 0 Å². The van der Waals surface area contributed by atoms with Gasteiger partial charge in [-0.25, -0.2) is 4.98 Å². The van der Waals surface area contributed by atoms with Crippen LogP contribution >= 0.6 is 0 Å². The molecule has 0 radical (unpaired) electrons. The van der Waals surface area contributed by atoms with Crippen molar-refractivity contribution in [3.8, 4) is 0 Å². The quantitative estimate of drug-likeness (QED) is 0.817. The van der Waals surface area contributed by atoms with E-state index in [1.165, 1.54) is 0 Å². The Morgan fingerprint density at radius 2 is 2.41 bits per heavy atom. The van der Waals surface area contributed by atoms with Crippen LogP contribution in [-0.2, 0) is 4.74 Å². The first-order valence-corrected chi connectivity index (χ1v) is 6.08. The van der Waals surface area contributed by atoms with E-state index in [1.807, 2.05) is 4.57 Å². The maximum absolute atomic E-state index is 10.6. The standard InChI is InChI=1S/C12H21N3O2/c1-9(2)15-8-14-5-10(15)11(16)12(6-13)3-4-17-7-12/h5,8-9,11,16H,3-4,6-7,13H2,1-2H3. The zero-order chi connectivity index (χ0) is 12.5. The minimum absolute atomic E-state index is 0.277. The normalized spacial score (nSPS) is 26.6. The molecule has 1 aromatic heterocycles. The predicted molar refractivity (Wildman–Crippen MR) is 64.5 cm³/mol. The summed E-state index contributed by atoms with van der Waals surface area (Å²) in [6, 6.07) is 0.277. The van der Waals surface area contributed by atoms with Crippen molar-refractivity contribution in [3.63, 3.8) is 0 Å². The molecule has 2 rings (SSSR count). The Morgan fingerprint density at radius 1 is 1.65 bits per heavy atom. The lowest BCUT2D eigenvalue weighted by molar-refractivity contribution is 0.0133. The van der Waals surface area contributed by atoms with Crippen LogP contribution < -0.4 is 5.73 Å². The van der Waals surface area contributed by atoms with E-state index in [2.05, 4.69) is 18.8 Å². The minimum atomic E-state index is -0.611. The lowest BCUT2D eigenvalue weighted by Crippen LogP contribution is -2.38. The molecule has 1 aromatic rings. The van der Waals surface area contributed by atoms with Crippen LogP contribution in [-0.4, -0.2) is 34.4 Å². The number of aromatic nitrogens is 2. The average Bonchev–Trinajstić information content (AvgIpc) is 2.98. The van der Waals surface area contributed by atoms with Crippen LogP contribution in [0.25, 0.3) is 0 Å². The van der Waals surface area contributed by atoms with E-state index in [1.54, 1.807) is 12.5 Å². The molecule has 0 amide bonds. The molecule has 1 aliphatic heterocycles. The van der Waals surface area contributed by atoms with Gasteiger partial charge in [0.15, 0.2) is 0 Å². The summed E-state index contributed by atoms with van der Waals surface area (Å²) in [6.07, 6.45) is 3.66. The molecule has 5 heteroatoms. The van der Waals surface area contributed by atoms with Crippen molar-refractivity contribution in [1.29, 1.82) is 0 Å². The molecule has 0 spiro atoms. The van der Waals surface area contributed by atoms with E-state index in [4.69, 9.17) is 10.5 Å². The van der Waals surface area contributed by atoms with Gasteiger partial charge in [-0.15, -0.1) is 0 Å². The van der Waals surface area contributed by atoms with Crippen molar-refractivity contribution < 1.29 is 9.84 Å². The fraction of sp³-hybridized carbons (Fsp3) is 0.750. The van der Waals surface area contributed by atoms with Crippen LogP contribution in [0.15, 0.2) is 12.5 Å². The van der Waals surface area contributed by atoms with Gasteiger partial charge in [-0.1, -0.05) is 0 Å². The molecule has 96 valence electrons. The number of imidazole rings is 1. The minimum Gasteiger partial charge on any atom is -0.386 e. The first-order valence-electron chi connectivity index (χ1n) is 6.08. The lowest BCUT2D eigenvalue weighted by Gasteiger charge is -2.32. The van der Waals surface area contributed by atoms with Crippen molar-refractivity contribution >= 4 is 0 Å². The Balaban J connectivity index is 2.29. The number of rotatable bonds is 4. The van der Waals surface area contributed by atoms with Gasteiger partial charge in [0.1, 0.15) is 6.10 Å². The molecule has 1 aliphatic rings. The van der Waals surface area contributed by atoms with Crippen LogP contribution in [0.2, 0.25) is 0 Å². The topological polar surface area (TPSA) is 73.3 Å². The van der Waals surface area contributed by atoms with Crippen LogP contribution in [0.1, 0.15) is 38.1 Å². The van der Waals surface area contributed by atoms with Crippen molar-refractivity contribution in [3.05, 3.63) is 18.2 Å². The molecule has 2 atom stereocenters. The number of aliphatic hydroxyl groups excluding tert-OH is 1. The third-order valence-corrected chi connectivity index (χ3v) is 3.65. The van der Waals surface area contributed by atoms with Crippen LogP contribution in [0.4, 0.5) is 0 Å². The van der Waals surface area contributed by atoms with E-state index >= 15 is 0 Å². The van der Waals surface area contributed by atoms with Gasteiger partial charge >= 0.3 is 0 Å². The van der Waals surface area contributed by atoms with E-state index in [0.717, 1.165) is 12.1 Å². The number of hydrogen-bond acceptors (Lipinski definition) is 4. The number of hydrogen-bond donors (Lipinski definition) is 2. The van der Waals surface area contributed by atoms with Crippen LogP contribution in [0.3, 0.4) is 0 Å². The Bertz CT molecular complexity index is 370. The Labute approximate surface area is 102 Å². The Hall–Kier alpha value is -0.910. The summed E-state index contributed by atoms with van der Waals surface area (Å²) in [5.74, 6) is 0. The second-order valence-corrected chi connectivity index (χ2v) is 5.09. The van der Waals surface area contributed by atoms with Crippen LogP contribution in [0, 0.1) is 5.41 Å². The molecule has 1 saturated heterocycles. The van der Waals surface area contributed by atoms with Crippen molar-refractivity contribution in [2.75, 3.05) is 19.8 Å². The largest absolute Gasteiger partial charge is 0.386 e. The van der Waals surface area contributed by atoms with Gasteiger partial charge in [-0.3, -0.25) is 0 Å². The maximum atomic E-state index is 10.6. The van der Waals surface area contributed by atoms with Gasteiger partial charge in [0.05, 0.1) is 24.8 Å². The highest BCUT2D eigenvalue weighted by molar-refractivity contribution is 5.10. The first-order chi connectivity index (χ1) is 8.10.